The van der Waals surface area contributed by atoms with Crippen LogP contribution in [0.2, 0.25) is 0 Å². The van der Waals surface area contributed by atoms with Crippen molar-refractivity contribution in [1.29, 1.82) is 0 Å². The highest BCUT2D eigenvalue weighted by Gasteiger charge is 2.15. The fourth-order valence-electron chi connectivity index (χ4n) is 1.70. The van der Waals surface area contributed by atoms with E-state index in [1.807, 2.05) is 17.1 Å². The topological polar surface area (TPSA) is 37.8 Å². The van der Waals surface area contributed by atoms with Gasteiger partial charge in [-0.3, -0.25) is 0 Å². The van der Waals surface area contributed by atoms with Crippen LogP contribution in [0.15, 0.2) is 17.1 Å². The van der Waals surface area contributed by atoms with Gasteiger partial charge in [0.15, 0.2) is 0 Å². The summed E-state index contributed by atoms with van der Waals surface area (Å²) in [7, 11) is 0. The third-order valence-electron chi connectivity index (χ3n) is 2.50. The summed E-state index contributed by atoms with van der Waals surface area (Å²) < 4.78 is 0. The van der Waals surface area contributed by atoms with Gasteiger partial charge in [0.25, 0.3) is 0 Å². The fourth-order valence-corrected chi connectivity index (χ4v) is 3.17. The van der Waals surface area contributed by atoms with Gasteiger partial charge in [-0.2, -0.15) is 0 Å². The molecule has 0 aliphatic carbocycles. The molecule has 2 aromatic rings. The van der Waals surface area contributed by atoms with Crippen molar-refractivity contribution in [3.63, 3.8) is 0 Å². The van der Waals surface area contributed by atoms with Gasteiger partial charge in [0, 0.05) is 22.5 Å². The summed E-state index contributed by atoms with van der Waals surface area (Å²) in [5, 5.41) is 6.69. The lowest BCUT2D eigenvalue weighted by molar-refractivity contribution is 0.496. The Morgan fingerprint density at radius 3 is 2.56 bits per heavy atom. The van der Waals surface area contributed by atoms with Crippen LogP contribution in [0.25, 0.3) is 0 Å². The first-order chi connectivity index (χ1) is 7.68. The minimum atomic E-state index is 0.288. The molecule has 1 N–H and O–H groups in total. The van der Waals surface area contributed by atoms with Crippen molar-refractivity contribution >= 4 is 22.7 Å². The Bertz CT molecular complexity index is 436. The Kier molecular flexibility index (Phi) is 3.68. The summed E-state index contributed by atoms with van der Waals surface area (Å²) in [5.74, 6) is 0. The normalized spacial score (nSPS) is 14.9. The number of aryl methyl sites for hydroxylation is 1. The van der Waals surface area contributed by atoms with E-state index in [4.69, 9.17) is 0 Å². The number of hydrogen-bond donors (Lipinski definition) is 1. The molecule has 2 aromatic heterocycles. The summed E-state index contributed by atoms with van der Waals surface area (Å²) >= 11 is 3.39. The second-order valence-electron chi connectivity index (χ2n) is 3.78. The first-order valence-electron chi connectivity index (χ1n) is 5.24. The Balaban J connectivity index is 2.03. The summed E-state index contributed by atoms with van der Waals surface area (Å²) in [6.45, 7) is 6.37. The second-order valence-corrected chi connectivity index (χ2v) is 5.59. The summed E-state index contributed by atoms with van der Waals surface area (Å²) in [6.07, 6.45) is 1.85. The van der Waals surface area contributed by atoms with Crippen LogP contribution in [0.5, 0.6) is 0 Å². The average Bonchev–Trinajstić information content (AvgIpc) is 2.86. The van der Waals surface area contributed by atoms with E-state index in [9.17, 15) is 0 Å². The third-order valence-corrected chi connectivity index (χ3v) is 4.57. The Morgan fingerprint density at radius 1 is 1.19 bits per heavy atom. The molecule has 2 heterocycles. The van der Waals surface area contributed by atoms with Gasteiger partial charge in [-0.15, -0.1) is 22.7 Å². The van der Waals surface area contributed by atoms with Gasteiger partial charge in [0.05, 0.1) is 17.2 Å². The van der Waals surface area contributed by atoms with E-state index in [0.29, 0.717) is 6.04 Å². The molecule has 0 saturated heterocycles. The molecule has 2 rings (SSSR count). The molecule has 3 nitrogen and oxygen atoms in total. The Hall–Kier alpha value is -0.780. The third kappa shape index (κ3) is 2.48. The molecule has 0 bridgehead atoms. The number of thiazole rings is 2. The van der Waals surface area contributed by atoms with Crippen molar-refractivity contribution in [2.45, 2.75) is 32.9 Å². The van der Waals surface area contributed by atoms with Crippen LogP contribution in [-0.4, -0.2) is 9.97 Å². The van der Waals surface area contributed by atoms with Crippen molar-refractivity contribution in [3.05, 3.63) is 32.7 Å². The number of aromatic nitrogens is 2. The number of nitrogens with one attached hydrogen (secondary N) is 1. The fraction of sp³-hybridized carbons (Fsp3) is 0.455. The molecular formula is C11H15N3S2. The van der Waals surface area contributed by atoms with Gasteiger partial charge in [-0.1, -0.05) is 0 Å². The lowest BCUT2D eigenvalue weighted by Gasteiger charge is -2.17. The largest absolute Gasteiger partial charge is 0.301 e. The molecule has 0 aliphatic rings. The van der Waals surface area contributed by atoms with Gasteiger partial charge >= 0.3 is 0 Å². The molecule has 0 aliphatic heterocycles. The van der Waals surface area contributed by atoms with Crippen LogP contribution in [0.1, 0.15) is 41.5 Å². The Morgan fingerprint density at radius 2 is 2.00 bits per heavy atom. The molecule has 2 atom stereocenters. The maximum absolute atomic E-state index is 4.32. The van der Waals surface area contributed by atoms with Crippen LogP contribution in [0, 0.1) is 6.92 Å². The molecule has 5 heteroatoms. The zero-order valence-electron chi connectivity index (χ0n) is 9.60. The first-order valence-corrected chi connectivity index (χ1v) is 7.00. The minimum Gasteiger partial charge on any atom is -0.301 e. The minimum absolute atomic E-state index is 0.288. The van der Waals surface area contributed by atoms with Gasteiger partial charge in [-0.05, 0) is 20.8 Å². The van der Waals surface area contributed by atoms with E-state index in [1.165, 1.54) is 4.88 Å². The second kappa shape index (κ2) is 5.03. The molecule has 0 aromatic carbocycles. The molecule has 2 unspecified atom stereocenters. The van der Waals surface area contributed by atoms with Gasteiger partial charge < -0.3 is 5.32 Å². The van der Waals surface area contributed by atoms with E-state index < -0.39 is 0 Å². The van der Waals surface area contributed by atoms with Crippen LogP contribution in [-0.2, 0) is 0 Å². The van der Waals surface area contributed by atoms with E-state index >= 15 is 0 Å². The van der Waals surface area contributed by atoms with Crippen molar-refractivity contribution in [2.75, 3.05) is 0 Å². The highest BCUT2D eigenvalue weighted by atomic mass is 32.1. The SMILES string of the molecule is Cc1ncsc1C(C)NC(C)c1nccs1. The molecule has 86 valence electrons. The van der Waals surface area contributed by atoms with Crippen LogP contribution < -0.4 is 5.32 Å². The van der Waals surface area contributed by atoms with Crippen LogP contribution in [0.4, 0.5) is 0 Å². The number of rotatable bonds is 4. The highest BCUT2D eigenvalue weighted by molar-refractivity contribution is 7.10. The van der Waals surface area contributed by atoms with Crippen LogP contribution in [0.3, 0.4) is 0 Å². The van der Waals surface area contributed by atoms with E-state index in [2.05, 4.69) is 36.1 Å². The molecule has 0 amide bonds. The van der Waals surface area contributed by atoms with Crippen LogP contribution >= 0.6 is 22.7 Å². The molecular weight excluding hydrogens is 238 g/mol. The molecule has 16 heavy (non-hydrogen) atoms. The predicted octanol–water partition coefficient (Wildman–Crippen LogP) is 3.32. The van der Waals surface area contributed by atoms with Crippen molar-refractivity contribution in [3.8, 4) is 0 Å². The summed E-state index contributed by atoms with van der Waals surface area (Å²) in [5.41, 5.74) is 3.02. The lowest BCUT2D eigenvalue weighted by Crippen LogP contribution is -2.22. The van der Waals surface area contributed by atoms with E-state index in [-0.39, 0.29) is 6.04 Å². The Labute approximate surface area is 104 Å². The van der Waals surface area contributed by atoms with Gasteiger partial charge in [0.2, 0.25) is 0 Å². The maximum atomic E-state index is 4.32. The number of hydrogen-bond acceptors (Lipinski definition) is 5. The van der Waals surface area contributed by atoms with Crippen molar-refractivity contribution < 1.29 is 0 Å². The predicted molar refractivity (Wildman–Crippen MR) is 68.9 cm³/mol. The summed E-state index contributed by atoms with van der Waals surface area (Å²) in [6, 6.07) is 0.614. The lowest BCUT2D eigenvalue weighted by atomic mass is 10.2. The summed E-state index contributed by atoms with van der Waals surface area (Å²) in [4.78, 5) is 9.90. The number of nitrogens with zero attached hydrogens (tertiary/aromatic N) is 2. The molecule has 0 radical (unpaired) electrons. The monoisotopic (exact) mass is 253 g/mol. The standard InChI is InChI=1S/C11H15N3S2/c1-7-10(16-6-13-7)8(2)14-9(3)11-12-4-5-15-11/h4-6,8-9,14H,1-3H3. The van der Waals surface area contributed by atoms with Crippen molar-refractivity contribution in [2.24, 2.45) is 0 Å². The van der Waals surface area contributed by atoms with Gasteiger partial charge in [0.1, 0.15) is 5.01 Å². The van der Waals surface area contributed by atoms with E-state index in [0.717, 1.165) is 10.7 Å². The smallest absolute Gasteiger partial charge is 0.109 e. The van der Waals surface area contributed by atoms with E-state index in [1.54, 1.807) is 22.7 Å². The molecule has 0 fully saturated rings. The molecule has 0 saturated carbocycles. The highest BCUT2D eigenvalue weighted by Crippen LogP contribution is 2.25. The average molecular weight is 253 g/mol. The van der Waals surface area contributed by atoms with Crippen molar-refractivity contribution in [1.82, 2.24) is 15.3 Å². The molecule has 0 spiro atoms. The van der Waals surface area contributed by atoms with Gasteiger partial charge in [-0.25, -0.2) is 9.97 Å². The zero-order valence-corrected chi connectivity index (χ0v) is 11.2. The maximum Gasteiger partial charge on any atom is 0.109 e. The first kappa shape index (κ1) is 11.7. The quantitative estimate of drug-likeness (QED) is 0.908. The zero-order chi connectivity index (χ0) is 11.5.